The molecule has 4 nitrogen and oxygen atoms in total. The molecular weight excluding hydrogens is 238 g/mol. The summed E-state index contributed by atoms with van der Waals surface area (Å²) < 4.78 is 0. The standard InChI is InChI=1S/C12H22ClN3O/c1-5-6-7-10-15-9(11(13)16-10)8-14-17-12(2,3)4/h14H,5-8H2,1-4H3,(H,15,16). The average Bonchev–Trinajstić information content (AvgIpc) is 2.55. The van der Waals surface area contributed by atoms with Crippen molar-refractivity contribution >= 4 is 11.6 Å². The number of unbranched alkanes of at least 4 members (excludes halogenated alkanes) is 1. The molecule has 0 unspecified atom stereocenters. The van der Waals surface area contributed by atoms with Crippen LogP contribution < -0.4 is 5.48 Å². The molecule has 0 spiro atoms. The van der Waals surface area contributed by atoms with Crippen LogP contribution in [0.3, 0.4) is 0 Å². The lowest BCUT2D eigenvalue weighted by molar-refractivity contribution is -0.0761. The summed E-state index contributed by atoms with van der Waals surface area (Å²) in [5.74, 6) is 0.949. The number of nitrogens with zero attached hydrogens (tertiary/aromatic N) is 1. The predicted octanol–water partition coefficient (Wildman–Crippen LogP) is 3.23. The molecule has 0 aliphatic carbocycles. The molecule has 0 aliphatic rings. The third kappa shape index (κ3) is 5.52. The van der Waals surface area contributed by atoms with Crippen LogP contribution in [0.2, 0.25) is 5.15 Å². The Balaban J connectivity index is 2.45. The Morgan fingerprint density at radius 1 is 1.41 bits per heavy atom. The van der Waals surface area contributed by atoms with Crippen molar-refractivity contribution in [2.45, 2.75) is 59.1 Å². The van der Waals surface area contributed by atoms with Gasteiger partial charge in [-0.05, 0) is 27.2 Å². The van der Waals surface area contributed by atoms with E-state index in [0.717, 1.165) is 30.8 Å². The van der Waals surface area contributed by atoms with E-state index in [-0.39, 0.29) is 5.60 Å². The second-order valence-electron chi connectivity index (χ2n) is 5.09. The van der Waals surface area contributed by atoms with E-state index in [1.54, 1.807) is 0 Å². The zero-order valence-electron chi connectivity index (χ0n) is 11.1. The van der Waals surface area contributed by atoms with Gasteiger partial charge in [0, 0.05) is 6.42 Å². The molecule has 0 amide bonds. The highest BCUT2D eigenvalue weighted by atomic mass is 35.5. The Bertz CT molecular complexity index is 344. The Morgan fingerprint density at radius 2 is 2.12 bits per heavy atom. The first kappa shape index (κ1) is 14.5. The fourth-order valence-electron chi connectivity index (χ4n) is 1.34. The van der Waals surface area contributed by atoms with Gasteiger partial charge in [-0.2, -0.15) is 5.48 Å². The highest BCUT2D eigenvalue weighted by Gasteiger charge is 2.12. The number of H-pyrrole nitrogens is 1. The Morgan fingerprint density at radius 3 is 2.71 bits per heavy atom. The molecular formula is C12H22ClN3O. The summed E-state index contributed by atoms with van der Waals surface area (Å²) in [4.78, 5) is 12.9. The monoisotopic (exact) mass is 259 g/mol. The molecule has 1 aromatic heterocycles. The molecule has 0 fully saturated rings. The fraction of sp³-hybridized carbons (Fsp3) is 0.750. The van der Waals surface area contributed by atoms with E-state index in [9.17, 15) is 0 Å². The Hall–Kier alpha value is -0.580. The van der Waals surface area contributed by atoms with E-state index in [1.807, 2.05) is 20.8 Å². The molecule has 2 N–H and O–H groups in total. The number of aryl methyl sites for hydroxylation is 1. The van der Waals surface area contributed by atoms with Crippen LogP contribution in [0.1, 0.15) is 52.1 Å². The lowest BCUT2D eigenvalue weighted by Crippen LogP contribution is -2.28. The minimum absolute atomic E-state index is 0.211. The van der Waals surface area contributed by atoms with Gasteiger partial charge in [-0.15, -0.1) is 0 Å². The van der Waals surface area contributed by atoms with Gasteiger partial charge >= 0.3 is 0 Å². The van der Waals surface area contributed by atoms with Crippen LogP contribution in [0.5, 0.6) is 0 Å². The SMILES string of the molecule is CCCCc1nc(Cl)c(CNOC(C)(C)C)[nH]1. The van der Waals surface area contributed by atoms with Crippen LogP contribution in [0.4, 0.5) is 0 Å². The first-order valence-electron chi connectivity index (χ1n) is 6.06. The summed E-state index contributed by atoms with van der Waals surface area (Å²) in [5.41, 5.74) is 3.56. The lowest BCUT2D eigenvalue weighted by atomic mass is 10.2. The number of halogens is 1. The van der Waals surface area contributed by atoms with Crippen LogP contribution >= 0.6 is 11.6 Å². The highest BCUT2D eigenvalue weighted by molar-refractivity contribution is 6.30. The number of hydroxylamine groups is 1. The van der Waals surface area contributed by atoms with Gasteiger partial charge in [-0.3, -0.25) is 4.84 Å². The molecule has 0 atom stereocenters. The number of aromatic nitrogens is 2. The van der Waals surface area contributed by atoms with Crippen molar-refractivity contribution < 1.29 is 4.84 Å². The molecule has 0 aromatic carbocycles. The van der Waals surface area contributed by atoms with E-state index >= 15 is 0 Å². The topological polar surface area (TPSA) is 49.9 Å². The molecule has 0 radical (unpaired) electrons. The van der Waals surface area contributed by atoms with Crippen molar-refractivity contribution in [3.8, 4) is 0 Å². The van der Waals surface area contributed by atoms with Gasteiger partial charge in [-0.1, -0.05) is 24.9 Å². The zero-order chi connectivity index (χ0) is 12.9. The normalized spacial score (nSPS) is 12.1. The quantitative estimate of drug-likeness (QED) is 0.772. The number of hydrogen-bond acceptors (Lipinski definition) is 3. The molecule has 5 heteroatoms. The van der Waals surface area contributed by atoms with Gasteiger partial charge in [0.25, 0.3) is 0 Å². The molecule has 1 heterocycles. The number of nitrogens with one attached hydrogen (secondary N) is 2. The van der Waals surface area contributed by atoms with Crippen molar-refractivity contribution in [1.29, 1.82) is 0 Å². The van der Waals surface area contributed by atoms with E-state index in [4.69, 9.17) is 16.4 Å². The van der Waals surface area contributed by atoms with Crippen LogP contribution in [0.15, 0.2) is 0 Å². The van der Waals surface area contributed by atoms with Gasteiger partial charge in [0.1, 0.15) is 5.82 Å². The van der Waals surface area contributed by atoms with Crippen molar-refractivity contribution in [2.75, 3.05) is 0 Å². The van der Waals surface area contributed by atoms with Crippen LogP contribution in [-0.2, 0) is 17.8 Å². The summed E-state index contributed by atoms with van der Waals surface area (Å²) in [7, 11) is 0. The Kier molecular flexibility index (Phi) is 5.43. The van der Waals surface area contributed by atoms with Crippen molar-refractivity contribution in [2.24, 2.45) is 0 Å². The summed E-state index contributed by atoms with van der Waals surface area (Å²) in [5, 5.41) is 0.529. The Labute approximate surface area is 108 Å². The van der Waals surface area contributed by atoms with Crippen LogP contribution in [0.25, 0.3) is 0 Å². The van der Waals surface area contributed by atoms with E-state index in [1.165, 1.54) is 0 Å². The van der Waals surface area contributed by atoms with Gasteiger partial charge in [0.15, 0.2) is 5.15 Å². The molecule has 0 saturated carbocycles. The first-order chi connectivity index (χ1) is 7.92. The molecule has 0 bridgehead atoms. The van der Waals surface area contributed by atoms with E-state index < -0.39 is 0 Å². The fourth-order valence-corrected chi connectivity index (χ4v) is 1.56. The number of imidazole rings is 1. The van der Waals surface area contributed by atoms with Gasteiger partial charge in [0.05, 0.1) is 17.8 Å². The number of rotatable bonds is 6. The molecule has 0 aliphatic heterocycles. The first-order valence-corrected chi connectivity index (χ1v) is 6.44. The van der Waals surface area contributed by atoms with Crippen molar-refractivity contribution in [1.82, 2.24) is 15.4 Å². The second kappa shape index (κ2) is 6.38. The third-order valence-corrected chi connectivity index (χ3v) is 2.48. The summed E-state index contributed by atoms with van der Waals surface area (Å²) in [6.45, 7) is 8.66. The van der Waals surface area contributed by atoms with Crippen LogP contribution in [0, 0.1) is 0 Å². The maximum atomic E-state index is 6.04. The number of hydrogen-bond donors (Lipinski definition) is 2. The summed E-state index contributed by atoms with van der Waals surface area (Å²) in [6, 6.07) is 0. The van der Waals surface area contributed by atoms with Crippen molar-refractivity contribution in [3.05, 3.63) is 16.7 Å². The summed E-state index contributed by atoms with van der Waals surface area (Å²) in [6.07, 6.45) is 3.21. The number of aromatic amines is 1. The third-order valence-electron chi connectivity index (χ3n) is 2.17. The maximum Gasteiger partial charge on any atom is 0.151 e. The lowest BCUT2D eigenvalue weighted by Gasteiger charge is -2.18. The molecule has 98 valence electrons. The van der Waals surface area contributed by atoms with Gasteiger partial charge < -0.3 is 4.98 Å². The smallest absolute Gasteiger partial charge is 0.151 e. The zero-order valence-corrected chi connectivity index (χ0v) is 11.8. The molecule has 1 rings (SSSR count). The molecule has 0 saturated heterocycles. The van der Waals surface area contributed by atoms with Gasteiger partial charge in [-0.25, -0.2) is 4.98 Å². The highest BCUT2D eigenvalue weighted by Crippen LogP contribution is 2.14. The molecule has 1 aromatic rings. The van der Waals surface area contributed by atoms with E-state index in [2.05, 4.69) is 22.4 Å². The minimum Gasteiger partial charge on any atom is -0.343 e. The van der Waals surface area contributed by atoms with E-state index in [0.29, 0.717) is 11.7 Å². The van der Waals surface area contributed by atoms with Gasteiger partial charge in [0.2, 0.25) is 0 Å². The predicted molar refractivity (Wildman–Crippen MR) is 69.9 cm³/mol. The second-order valence-corrected chi connectivity index (χ2v) is 5.45. The maximum absolute atomic E-state index is 6.04. The molecule has 17 heavy (non-hydrogen) atoms. The minimum atomic E-state index is -0.211. The average molecular weight is 260 g/mol. The largest absolute Gasteiger partial charge is 0.343 e. The van der Waals surface area contributed by atoms with Crippen molar-refractivity contribution in [3.63, 3.8) is 0 Å². The summed E-state index contributed by atoms with van der Waals surface area (Å²) >= 11 is 6.04. The van der Waals surface area contributed by atoms with Crippen LogP contribution in [-0.4, -0.2) is 15.6 Å².